The number of methoxy groups -OCH3 is 1. The maximum atomic E-state index is 9.76. The first-order valence-corrected chi connectivity index (χ1v) is 8.77. The van der Waals surface area contributed by atoms with Gasteiger partial charge in [0.05, 0.1) is 38.2 Å². The van der Waals surface area contributed by atoms with E-state index in [0.717, 1.165) is 43.2 Å². The first-order chi connectivity index (χ1) is 13.2. The zero-order valence-electron chi connectivity index (χ0n) is 15.1. The van der Waals surface area contributed by atoms with Gasteiger partial charge in [0.25, 0.3) is 0 Å². The maximum absolute atomic E-state index is 9.76. The van der Waals surface area contributed by atoms with Gasteiger partial charge in [-0.25, -0.2) is 4.98 Å². The molecule has 4 rings (SSSR count). The number of benzene rings is 1. The molecule has 3 aromatic rings. The number of morpholine rings is 1. The van der Waals surface area contributed by atoms with Gasteiger partial charge in [-0.3, -0.25) is 0 Å². The molecule has 1 fully saturated rings. The molecule has 7 nitrogen and oxygen atoms in total. The molecule has 1 aliphatic heterocycles. The molecule has 0 saturated carbocycles. The zero-order chi connectivity index (χ0) is 18.8. The van der Waals surface area contributed by atoms with Crippen LogP contribution < -0.4 is 9.64 Å². The van der Waals surface area contributed by atoms with Crippen LogP contribution in [-0.2, 0) is 11.3 Å². The largest absolute Gasteiger partial charge is 0.495 e. The highest BCUT2D eigenvalue weighted by molar-refractivity contribution is 5.71. The Morgan fingerprint density at radius 3 is 2.81 bits per heavy atom. The number of nitriles is 1. The molecule has 2 aromatic heterocycles. The van der Waals surface area contributed by atoms with Gasteiger partial charge in [-0.2, -0.15) is 5.26 Å². The number of hydrogen-bond donors (Lipinski definition) is 1. The maximum Gasteiger partial charge on any atom is 0.139 e. The van der Waals surface area contributed by atoms with Gasteiger partial charge in [0.15, 0.2) is 0 Å². The van der Waals surface area contributed by atoms with Crippen LogP contribution in [0.25, 0.3) is 16.9 Å². The summed E-state index contributed by atoms with van der Waals surface area (Å²) < 4.78 is 12.6. The summed E-state index contributed by atoms with van der Waals surface area (Å²) >= 11 is 0. The summed E-state index contributed by atoms with van der Waals surface area (Å²) in [6, 6.07) is 9.65. The van der Waals surface area contributed by atoms with Crippen LogP contribution >= 0.6 is 0 Å². The van der Waals surface area contributed by atoms with Crippen molar-refractivity contribution in [2.24, 2.45) is 0 Å². The molecule has 0 atom stereocenters. The molecule has 0 bridgehead atoms. The molecule has 1 N–H and O–H groups in total. The van der Waals surface area contributed by atoms with Gasteiger partial charge in [-0.05, 0) is 23.8 Å². The van der Waals surface area contributed by atoms with Gasteiger partial charge in [0, 0.05) is 42.8 Å². The summed E-state index contributed by atoms with van der Waals surface area (Å²) in [7, 11) is 1.51. The van der Waals surface area contributed by atoms with Crippen LogP contribution in [0.4, 0.5) is 5.69 Å². The number of aliphatic hydroxyl groups excluding tert-OH is 1. The van der Waals surface area contributed by atoms with Crippen molar-refractivity contribution in [3.05, 3.63) is 47.8 Å². The Hall–Kier alpha value is -3.08. The number of aromatic nitrogens is 2. The van der Waals surface area contributed by atoms with Crippen molar-refractivity contribution in [2.45, 2.75) is 6.61 Å². The number of ether oxygens (including phenoxy) is 2. The van der Waals surface area contributed by atoms with E-state index in [-0.39, 0.29) is 6.61 Å². The van der Waals surface area contributed by atoms with Crippen LogP contribution in [0, 0.1) is 11.3 Å². The third-order valence-electron chi connectivity index (χ3n) is 4.81. The number of anilines is 1. The van der Waals surface area contributed by atoms with Crippen LogP contribution in [0.15, 0.2) is 36.7 Å². The zero-order valence-corrected chi connectivity index (χ0v) is 15.1. The lowest BCUT2D eigenvalue weighted by Gasteiger charge is -2.28. The molecular weight excluding hydrogens is 344 g/mol. The second-order valence-corrected chi connectivity index (χ2v) is 6.36. The summed E-state index contributed by atoms with van der Waals surface area (Å²) in [4.78, 5) is 7.00. The Morgan fingerprint density at radius 1 is 1.30 bits per heavy atom. The van der Waals surface area contributed by atoms with Gasteiger partial charge in [-0.1, -0.05) is 0 Å². The predicted molar refractivity (Wildman–Crippen MR) is 101 cm³/mol. The van der Waals surface area contributed by atoms with Crippen LogP contribution in [0.3, 0.4) is 0 Å². The van der Waals surface area contributed by atoms with Gasteiger partial charge >= 0.3 is 0 Å². The minimum atomic E-state index is -0.162. The lowest BCUT2D eigenvalue weighted by molar-refractivity contribution is 0.122. The van der Waals surface area contributed by atoms with E-state index in [1.807, 2.05) is 22.9 Å². The third-order valence-corrected chi connectivity index (χ3v) is 4.81. The van der Waals surface area contributed by atoms with E-state index in [2.05, 4.69) is 17.0 Å². The summed E-state index contributed by atoms with van der Waals surface area (Å²) in [5, 5.41) is 19.1. The Morgan fingerprint density at radius 2 is 2.11 bits per heavy atom. The van der Waals surface area contributed by atoms with Crippen molar-refractivity contribution in [1.29, 1.82) is 5.26 Å². The molecule has 1 saturated heterocycles. The Labute approximate surface area is 157 Å². The second kappa shape index (κ2) is 7.27. The van der Waals surface area contributed by atoms with Gasteiger partial charge in [0.1, 0.15) is 17.5 Å². The van der Waals surface area contributed by atoms with Crippen molar-refractivity contribution in [1.82, 2.24) is 9.38 Å². The first kappa shape index (κ1) is 17.3. The molecule has 0 amide bonds. The molecule has 0 aliphatic carbocycles. The Balaban J connectivity index is 1.77. The van der Waals surface area contributed by atoms with Crippen LogP contribution in [0.5, 0.6) is 5.75 Å². The number of hydrogen-bond acceptors (Lipinski definition) is 6. The highest BCUT2D eigenvalue weighted by Gasteiger charge is 2.16. The molecule has 0 unspecified atom stereocenters. The second-order valence-electron chi connectivity index (χ2n) is 6.36. The minimum absolute atomic E-state index is 0.162. The van der Waals surface area contributed by atoms with E-state index < -0.39 is 0 Å². The Kier molecular flexibility index (Phi) is 4.67. The molecule has 7 heteroatoms. The summed E-state index contributed by atoms with van der Waals surface area (Å²) in [5.41, 5.74) is 4.44. The topological polar surface area (TPSA) is 83.0 Å². The smallest absolute Gasteiger partial charge is 0.139 e. The number of fused-ring (bicyclic) bond motifs is 1. The molecule has 1 aromatic carbocycles. The number of nitrogens with zero attached hydrogens (tertiary/aromatic N) is 4. The van der Waals surface area contributed by atoms with Crippen LogP contribution in [0.2, 0.25) is 0 Å². The SMILES string of the molecule is COc1cc(CO)c(-c2cn3ccc(N4CCOCC4)cc3n2)cc1C#N. The van der Waals surface area contributed by atoms with Crippen molar-refractivity contribution in [2.75, 3.05) is 38.3 Å². The van der Waals surface area contributed by atoms with E-state index in [1.54, 1.807) is 12.1 Å². The lowest BCUT2D eigenvalue weighted by atomic mass is 10.0. The van der Waals surface area contributed by atoms with Gasteiger partial charge in [0.2, 0.25) is 0 Å². The van der Waals surface area contributed by atoms with E-state index in [4.69, 9.17) is 14.5 Å². The highest BCUT2D eigenvalue weighted by atomic mass is 16.5. The molecular formula is C20H20N4O3. The number of rotatable bonds is 4. The normalized spacial score (nSPS) is 14.3. The summed E-state index contributed by atoms with van der Waals surface area (Å²) in [5.74, 6) is 0.448. The van der Waals surface area contributed by atoms with Crippen LogP contribution in [0.1, 0.15) is 11.1 Å². The fourth-order valence-corrected chi connectivity index (χ4v) is 3.37. The fourth-order valence-electron chi connectivity index (χ4n) is 3.37. The quantitative estimate of drug-likeness (QED) is 0.764. The van der Waals surface area contributed by atoms with E-state index in [9.17, 15) is 10.4 Å². The molecule has 138 valence electrons. The first-order valence-electron chi connectivity index (χ1n) is 8.77. The minimum Gasteiger partial charge on any atom is -0.495 e. The van der Waals surface area contributed by atoms with E-state index >= 15 is 0 Å². The Bertz CT molecular complexity index is 1020. The standard InChI is InChI=1S/C20H20N4O3/c1-26-19-9-15(13-25)17(8-14(19)11-21)18-12-24-3-2-16(10-20(24)22-18)23-4-6-27-7-5-23/h2-3,8-10,12,25H,4-7,13H2,1H3. The van der Waals surface area contributed by atoms with Crippen molar-refractivity contribution in [3.8, 4) is 23.1 Å². The summed E-state index contributed by atoms with van der Waals surface area (Å²) in [6.45, 7) is 3.02. The van der Waals surface area contributed by atoms with Crippen molar-refractivity contribution in [3.63, 3.8) is 0 Å². The van der Waals surface area contributed by atoms with E-state index in [0.29, 0.717) is 22.6 Å². The average Bonchev–Trinajstić information content (AvgIpc) is 3.16. The number of aliphatic hydroxyl groups is 1. The van der Waals surface area contributed by atoms with Crippen LogP contribution in [-0.4, -0.2) is 47.9 Å². The predicted octanol–water partition coefficient (Wildman–Crippen LogP) is 2.21. The summed E-state index contributed by atoms with van der Waals surface area (Å²) in [6.07, 6.45) is 3.88. The number of imidazole rings is 1. The molecule has 3 heterocycles. The highest BCUT2D eigenvalue weighted by Crippen LogP contribution is 2.31. The van der Waals surface area contributed by atoms with Crippen molar-refractivity contribution >= 4 is 11.3 Å². The monoisotopic (exact) mass is 364 g/mol. The number of pyridine rings is 1. The average molecular weight is 364 g/mol. The van der Waals surface area contributed by atoms with E-state index in [1.165, 1.54) is 7.11 Å². The van der Waals surface area contributed by atoms with Gasteiger partial charge in [-0.15, -0.1) is 0 Å². The lowest BCUT2D eigenvalue weighted by Crippen LogP contribution is -2.36. The molecule has 27 heavy (non-hydrogen) atoms. The third kappa shape index (κ3) is 3.21. The fraction of sp³-hybridized carbons (Fsp3) is 0.300. The van der Waals surface area contributed by atoms with Crippen molar-refractivity contribution < 1.29 is 14.6 Å². The van der Waals surface area contributed by atoms with Gasteiger partial charge < -0.3 is 23.9 Å². The molecule has 0 spiro atoms. The molecule has 0 radical (unpaired) electrons. The molecule has 1 aliphatic rings.